The van der Waals surface area contributed by atoms with E-state index in [4.69, 9.17) is 11.6 Å². The Morgan fingerprint density at radius 1 is 1.38 bits per heavy atom. The second-order valence-electron chi connectivity index (χ2n) is 5.00. The largest absolute Gasteiger partial charge is 0.295 e. The molecule has 0 atom stereocenters. The van der Waals surface area contributed by atoms with Gasteiger partial charge in [0, 0.05) is 16.7 Å². The minimum absolute atomic E-state index is 0.0339. The Bertz CT molecular complexity index is 624. The molecule has 1 saturated carbocycles. The number of aromatic nitrogens is 3. The van der Waals surface area contributed by atoms with Gasteiger partial charge in [-0.1, -0.05) is 41.9 Å². The molecule has 0 spiro atoms. The molecule has 21 heavy (non-hydrogen) atoms. The van der Waals surface area contributed by atoms with Gasteiger partial charge in [-0.2, -0.15) is 4.98 Å². The molecule has 2 N–H and O–H groups in total. The van der Waals surface area contributed by atoms with Gasteiger partial charge in [0.05, 0.1) is 0 Å². The summed E-state index contributed by atoms with van der Waals surface area (Å²) >= 11 is 7.35. The first-order valence-electron chi connectivity index (χ1n) is 6.81. The van der Waals surface area contributed by atoms with E-state index >= 15 is 0 Å². The van der Waals surface area contributed by atoms with E-state index in [1.807, 2.05) is 24.3 Å². The van der Waals surface area contributed by atoms with E-state index in [0.29, 0.717) is 11.1 Å². The van der Waals surface area contributed by atoms with Crippen molar-refractivity contribution in [1.82, 2.24) is 15.2 Å². The minimum atomic E-state index is 0.0339. The van der Waals surface area contributed by atoms with Crippen LogP contribution in [0.25, 0.3) is 0 Å². The third kappa shape index (κ3) is 3.77. The van der Waals surface area contributed by atoms with Crippen LogP contribution in [0.1, 0.15) is 24.8 Å². The number of H-pyrrole nitrogens is 1. The van der Waals surface area contributed by atoms with Gasteiger partial charge < -0.3 is 0 Å². The molecule has 1 amide bonds. The van der Waals surface area contributed by atoms with Crippen LogP contribution in [0.5, 0.6) is 0 Å². The fourth-order valence-corrected chi connectivity index (χ4v) is 2.86. The molecule has 1 aliphatic rings. The summed E-state index contributed by atoms with van der Waals surface area (Å²) < 4.78 is 0. The number of anilines is 1. The van der Waals surface area contributed by atoms with E-state index in [2.05, 4.69) is 20.5 Å². The predicted molar refractivity (Wildman–Crippen MR) is 83.4 cm³/mol. The number of rotatable bonds is 5. The number of thioether (sulfide) groups is 1. The maximum absolute atomic E-state index is 11.8. The van der Waals surface area contributed by atoms with E-state index < -0.39 is 0 Å². The Morgan fingerprint density at radius 3 is 2.81 bits per heavy atom. The van der Waals surface area contributed by atoms with Crippen LogP contribution >= 0.6 is 23.4 Å². The highest BCUT2D eigenvalue weighted by molar-refractivity contribution is 7.98. The average molecular weight is 323 g/mol. The molecule has 1 aromatic heterocycles. The van der Waals surface area contributed by atoms with E-state index in [9.17, 15) is 4.79 Å². The number of nitrogens with one attached hydrogen (secondary N) is 2. The van der Waals surface area contributed by atoms with Gasteiger partial charge in [0.15, 0.2) is 0 Å². The lowest BCUT2D eigenvalue weighted by Gasteiger charge is -2.23. The monoisotopic (exact) mass is 322 g/mol. The van der Waals surface area contributed by atoms with Crippen LogP contribution in [0.3, 0.4) is 0 Å². The molecule has 0 aliphatic heterocycles. The second kappa shape index (κ2) is 6.49. The lowest BCUT2D eigenvalue weighted by Crippen LogP contribution is -2.28. The molecule has 0 bridgehead atoms. The predicted octanol–water partition coefficient (Wildman–Crippen LogP) is 3.49. The number of hydrogen-bond donors (Lipinski definition) is 2. The van der Waals surface area contributed by atoms with Gasteiger partial charge in [0.1, 0.15) is 0 Å². The molecule has 2 aromatic rings. The van der Waals surface area contributed by atoms with Crippen molar-refractivity contribution in [2.75, 3.05) is 5.32 Å². The van der Waals surface area contributed by atoms with Crippen molar-refractivity contribution in [3.05, 3.63) is 34.9 Å². The average Bonchev–Trinajstić information content (AvgIpc) is 2.83. The standard InChI is InChI=1S/C14H15ClN4OS/c15-11-6-4-9(5-7-11)8-21-14-17-13(18-19-14)16-12(20)10-2-1-3-10/h4-7,10H,1-3,8H2,(H2,16,17,18,19,20). The molecule has 1 aliphatic carbocycles. The van der Waals surface area contributed by atoms with E-state index in [1.165, 1.54) is 11.8 Å². The van der Waals surface area contributed by atoms with Crippen LogP contribution in [0.15, 0.2) is 29.4 Å². The molecule has 0 radical (unpaired) electrons. The number of benzene rings is 1. The van der Waals surface area contributed by atoms with Gasteiger partial charge in [-0.15, -0.1) is 5.10 Å². The lowest BCUT2D eigenvalue weighted by molar-refractivity contribution is -0.122. The molecule has 1 aromatic carbocycles. The summed E-state index contributed by atoms with van der Waals surface area (Å²) in [5.41, 5.74) is 1.15. The topological polar surface area (TPSA) is 70.7 Å². The summed E-state index contributed by atoms with van der Waals surface area (Å²) in [5, 5.41) is 11.0. The number of carbonyl (C=O) groups excluding carboxylic acids is 1. The van der Waals surface area contributed by atoms with Crippen molar-refractivity contribution < 1.29 is 4.79 Å². The summed E-state index contributed by atoms with van der Waals surface area (Å²) in [6.45, 7) is 0. The van der Waals surface area contributed by atoms with Crippen LogP contribution in [-0.2, 0) is 10.5 Å². The third-order valence-corrected chi connectivity index (χ3v) is 4.63. The quantitative estimate of drug-likeness (QED) is 0.827. The number of halogens is 1. The first kappa shape index (κ1) is 14.4. The van der Waals surface area contributed by atoms with Crippen LogP contribution in [0.4, 0.5) is 5.95 Å². The van der Waals surface area contributed by atoms with Crippen molar-refractivity contribution in [3.8, 4) is 0 Å². The Kier molecular flexibility index (Phi) is 4.45. The second-order valence-corrected chi connectivity index (χ2v) is 6.38. The van der Waals surface area contributed by atoms with Crippen molar-refractivity contribution in [3.63, 3.8) is 0 Å². The van der Waals surface area contributed by atoms with Gasteiger partial charge in [-0.05, 0) is 30.5 Å². The Balaban J connectivity index is 1.52. The van der Waals surface area contributed by atoms with Crippen molar-refractivity contribution in [1.29, 1.82) is 0 Å². The van der Waals surface area contributed by atoms with E-state index in [-0.39, 0.29) is 11.8 Å². The zero-order valence-electron chi connectivity index (χ0n) is 11.3. The molecule has 3 rings (SSSR count). The zero-order chi connectivity index (χ0) is 14.7. The van der Waals surface area contributed by atoms with Crippen LogP contribution in [0, 0.1) is 5.92 Å². The van der Waals surface area contributed by atoms with Gasteiger partial charge in [0.2, 0.25) is 17.0 Å². The van der Waals surface area contributed by atoms with E-state index in [0.717, 1.165) is 35.6 Å². The molecule has 5 nitrogen and oxygen atoms in total. The fraction of sp³-hybridized carbons (Fsp3) is 0.357. The molecule has 1 fully saturated rings. The van der Waals surface area contributed by atoms with Gasteiger partial charge in [-0.3, -0.25) is 10.1 Å². The number of hydrogen-bond acceptors (Lipinski definition) is 4. The van der Waals surface area contributed by atoms with Crippen molar-refractivity contribution in [2.24, 2.45) is 5.92 Å². The summed E-state index contributed by atoms with van der Waals surface area (Å²) in [5.74, 6) is 1.35. The number of amides is 1. The maximum Gasteiger partial charge on any atom is 0.229 e. The van der Waals surface area contributed by atoms with Gasteiger partial charge in [-0.25, -0.2) is 5.10 Å². The van der Waals surface area contributed by atoms with Gasteiger partial charge >= 0.3 is 0 Å². The highest BCUT2D eigenvalue weighted by Gasteiger charge is 2.25. The SMILES string of the molecule is O=C(Nc1nc(SCc2ccc(Cl)cc2)n[nH]1)C1CCC1. The summed E-state index contributed by atoms with van der Waals surface area (Å²) in [4.78, 5) is 16.1. The van der Waals surface area contributed by atoms with Crippen LogP contribution < -0.4 is 5.32 Å². The molecule has 7 heteroatoms. The Morgan fingerprint density at radius 2 is 2.14 bits per heavy atom. The maximum atomic E-state index is 11.8. The summed E-state index contributed by atoms with van der Waals surface area (Å²) in [6.07, 6.45) is 3.08. The van der Waals surface area contributed by atoms with Crippen LogP contribution in [0.2, 0.25) is 5.02 Å². The summed E-state index contributed by atoms with van der Waals surface area (Å²) in [7, 11) is 0. The molecule has 0 saturated heterocycles. The molecule has 110 valence electrons. The molecule has 1 heterocycles. The highest BCUT2D eigenvalue weighted by Crippen LogP contribution is 2.27. The first-order valence-corrected chi connectivity index (χ1v) is 8.17. The smallest absolute Gasteiger partial charge is 0.229 e. The highest BCUT2D eigenvalue weighted by atomic mass is 35.5. The zero-order valence-corrected chi connectivity index (χ0v) is 12.9. The summed E-state index contributed by atoms with van der Waals surface area (Å²) in [6, 6.07) is 7.67. The van der Waals surface area contributed by atoms with Crippen LogP contribution in [-0.4, -0.2) is 21.1 Å². The van der Waals surface area contributed by atoms with Crippen molar-refractivity contribution >= 4 is 35.2 Å². The number of nitrogens with zero attached hydrogens (tertiary/aromatic N) is 2. The molecular formula is C14H15ClN4OS. The molecule has 0 unspecified atom stereocenters. The fourth-order valence-electron chi connectivity index (χ4n) is 1.98. The van der Waals surface area contributed by atoms with Gasteiger partial charge in [0.25, 0.3) is 0 Å². The van der Waals surface area contributed by atoms with E-state index in [1.54, 1.807) is 0 Å². The normalized spacial score (nSPS) is 14.7. The first-order chi connectivity index (χ1) is 10.2. The Hall–Kier alpha value is -1.53. The molecular weight excluding hydrogens is 308 g/mol. The van der Waals surface area contributed by atoms with Crippen molar-refractivity contribution in [2.45, 2.75) is 30.2 Å². The lowest BCUT2D eigenvalue weighted by atomic mass is 9.85. The third-order valence-electron chi connectivity index (χ3n) is 3.46. The minimum Gasteiger partial charge on any atom is -0.295 e. The Labute approximate surface area is 131 Å². The number of aromatic amines is 1. The number of carbonyl (C=O) groups is 1.